The summed E-state index contributed by atoms with van der Waals surface area (Å²) in [6, 6.07) is 9.33. The fourth-order valence-corrected chi connectivity index (χ4v) is 3.76. The number of likely N-dealkylation sites (tertiary alicyclic amines) is 1. The molecule has 1 aliphatic rings. The molecule has 31 heavy (non-hydrogen) atoms. The normalized spacial score (nSPS) is 14.7. The summed E-state index contributed by atoms with van der Waals surface area (Å²) in [5.41, 5.74) is 6.81. The monoisotopic (exact) mass is 425 g/mol. The number of anilines is 2. The minimum Gasteiger partial charge on any atom is -0.369 e. The van der Waals surface area contributed by atoms with Gasteiger partial charge in [0.25, 0.3) is 0 Å². The quantitative estimate of drug-likeness (QED) is 0.633. The van der Waals surface area contributed by atoms with Crippen LogP contribution in [0, 0.1) is 23.1 Å². The highest BCUT2D eigenvalue weighted by molar-refractivity contribution is 5.75. The number of nitrogens with zero attached hydrogens (tertiary/aromatic N) is 5. The maximum atomic E-state index is 15.2. The Labute approximate surface area is 181 Å². The molecule has 0 spiro atoms. The zero-order valence-electron chi connectivity index (χ0n) is 17.7. The van der Waals surface area contributed by atoms with Crippen LogP contribution in [0.4, 0.5) is 16.0 Å². The Balaban J connectivity index is 1.61. The van der Waals surface area contributed by atoms with Gasteiger partial charge in [0.05, 0.1) is 18.2 Å². The van der Waals surface area contributed by atoms with Crippen molar-refractivity contribution >= 4 is 17.5 Å². The lowest BCUT2D eigenvalue weighted by molar-refractivity contribution is -0.119. The van der Waals surface area contributed by atoms with Crippen molar-refractivity contribution in [1.82, 2.24) is 14.9 Å². The van der Waals surface area contributed by atoms with E-state index in [2.05, 4.69) is 21.4 Å². The summed E-state index contributed by atoms with van der Waals surface area (Å²) in [7, 11) is 0. The third-order valence-corrected chi connectivity index (χ3v) is 5.55. The van der Waals surface area contributed by atoms with Crippen LogP contribution in [0.25, 0.3) is 0 Å². The summed E-state index contributed by atoms with van der Waals surface area (Å²) in [6.07, 6.45) is 3.21. The average molecular weight is 426 g/mol. The first-order valence-electron chi connectivity index (χ1n) is 10.5. The molecule has 9 heteroatoms. The molecule has 1 aromatic heterocycles. The van der Waals surface area contributed by atoms with E-state index in [0.717, 1.165) is 31.5 Å². The molecule has 0 atom stereocenters. The Morgan fingerprint density at radius 1 is 1.32 bits per heavy atom. The summed E-state index contributed by atoms with van der Waals surface area (Å²) >= 11 is 0. The van der Waals surface area contributed by atoms with Gasteiger partial charge in [-0.2, -0.15) is 9.65 Å². The largest absolute Gasteiger partial charge is 0.369 e. The lowest BCUT2D eigenvalue weighted by atomic mass is 9.97. The van der Waals surface area contributed by atoms with Crippen molar-refractivity contribution in [2.45, 2.75) is 26.3 Å². The van der Waals surface area contributed by atoms with E-state index in [1.807, 2.05) is 28.9 Å². The van der Waals surface area contributed by atoms with E-state index in [9.17, 15) is 4.79 Å². The number of hydrogen-bond donors (Lipinski definition) is 2. The van der Waals surface area contributed by atoms with Crippen molar-refractivity contribution in [3.63, 3.8) is 0 Å². The van der Waals surface area contributed by atoms with E-state index in [1.54, 1.807) is 12.1 Å². The number of aromatic nitrogens is 2. The highest BCUT2D eigenvalue weighted by Gasteiger charge is 2.22. The van der Waals surface area contributed by atoms with Crippen molar-refractivity contribution in [2.75, 3.05) is 42.9 Å². The highest BCUT2D eigenvalue weighted by atomic mass is 19.1. The van der Waals surface area contributed by atoms with E-state index >= 15 is 4.39 Å². The number of nitriles is 1. The molecule has 1 aromatic carbocycles. The Bertz CT molecular complexity index is 920. The number of nitrogens with two attached hydrogens (primary N) is 1. The van der Waals surface area contributed by atoms with E-state index in [-0.39, 0.29) is 24.1 Å². The molecule has 1 aliphatic heterocycles. The van der Waals surface area contributed by atoms with Crippen molar-refractivity contribution in [2.24, 2.45) is 11.7 Å². The van der Waals surface area contributed by atoms with E-state index in [1.165, 1.54) is 6.33 Å². The Morgan fingerprint density at radius 2 is 2.03 bits per heavy atom. The van der Waals surface area contributed by atoms with Crippen LogP contribution < -0.4 is 16.0 Å². The molecule has 1 saturated heterocycles. The van der Waals surface area contributed by atoms with Crippen LogP contribution in [0.2, 0.25) is 0 Å². The zero-order valence-corrected chi connectivity index (χ0v) is 17.7. The highest BCUT2D eigenvalue weighted by Crippen LogP contribution is 2.24. The minimum atomic E-state index is -0.468. The molecule has 8 nitrogen and oxygen atoms in total. The van der Waals surface area contributed by atoms with Gasteiger partial charge in [-0.15, -0.1) is 0 Å². The molecule has 0 saturated carbocycles. The van der Waals surface area contributed by atoms with Crippen LogP contribution in [-0.4, -0.2) is 53.5 Å². The van der Waals surface area contributed by atoms with Crippen LogP contribution in [0.3, 0.4) is 0 Å². The second-order valence-corrected chi connectivity index (χ2v) is 7.75. The first kappa shape index (κ1) is 22.4. The van der Waals surface area contributed by atoms with Gasteiger partial charge in [-0.1, -0.05) is 12.1 Å². The summed E-state index contributed by atoms with van der Waals surface area (Å²) < 4.78 is 15.2. The zero-order chi connectivity index (χ0) is 22.2. The van der Waals surface area contributed by atoms with Gasteiger partial charge < -0.3 is 16.0 Å². The second-order valence-electron chi connectivity index (χ2n) is 7.75. The molecule has 2 aromatic rings. The SMILES string of the molecule is CCN(Cc1ccc(C#N)cc1)c1ncnc(NCC2CCN(CC(N)=O)CC2)c1F. The van der Waals surface area contributed by atoms with Gasteiger partial charge in [-0.05, 0) is 56.5 Å². The molecular formula is C22H28FN7O. The van der Waals surface area contributed by atoms with E-state index < -0.39 is 5.82 Å². The molecule has 1 amide bonds. The van der Waals surface area contributed by atoms with Crippen LogP contribution in [0.1, 0.15) is 30.9 Å². The van der Waals surface area contributed by atoms with Crippen LogP contribution in [-0.2, 0) is 11.3 Å². The second kappa shape index (κ2) is 10.7. The van der Waals surface area contributed by atoms with E-state index in [0.29, 0.717) is 31.1 Å². The number of piperidine rings is 1. The third kappa shape index (κ3) is 6.12. The molecule has 3 rings (SSSR count). The van der Waals surface area contributed by atoms with Gasteiger partial charge in [0.2, 0.25) is 11.7 Å². The van der Waals surface area contributed by atoms with Crippen molar-refractivity contribution in [3.05, 3.63) is 47.5 Å². The number of benzene rings is 1. The van der Waals surface area contributed by atoms with Gasteiger partial charge in [-0.25, -0.2) is 9.97 Å². The van der Waals surface area contributed by atoms with Gasteiger partial charge >= 0.3 is 0 Å². The van der Waals surface area contributed by atoms with Gasteiger partial charge in [-0.3, -0.25) is 9.69 Å². The fourth-order valence-electron chi connectivity index (χ4n) is 3.76. The lowest BCUT2D eigenvalue weighted by Crippen LogP contribution is -2.40. The van der Waals surface area contributed by atoms with Gasteiger partial charge in [0.15, 0.2) is 11.6 Å². The predicted octanol–water partition coefficient (Wildman–Crippen LogP) is 2.12. The third-order valence-electron chi connectivity index (χ3n) is 5.55. The maximum Gasteiger partial charge on any atom is 0.231 e. The number of carbonyl (C=O) groups is 1. The Hall–Kier alpha value is -3.25. The number of primary amides is 1. The van der Waals surface area contributed by atoms with Crippen LogP contribution in [0.5, 0.6) is 0 Å². The predicted molar refractivity (Wildman–Crippen MR) is 117 cm³/mol. The summed E-state index contributed by atoms with van der Waals surface area (Å²) in [5.74, 6) is 0.0455. The summed E-state index contributed by atoms with van der Waals surface area (Å²) in [4.78, 5) is 23.2. The molecule has 2 heterocycles. The van der Waals surface area contributed by atoms with Gasteiger partial charge in [0, 0.05) is 19.6 Å². The number of hydrogen-bond acceptors (Lipinski definition) is 7. The molecular weight excluding hydrogens is 397 g/mol. The minimum absolute atomic E-state index is 0.197. The molecule has 0 bridgehead atoms. The maximum absolute atomic E-state index is 15.2. The number of halogens is 1. The summed E-state index contributed by atoms with van der Waals surface area (Å²) in [5, 5.41) is 12.1. The molecule has 0 radical (unpaired) electrons. The van der Waals surface area contributed by atoms with Crippen molar-refractivity contribution in [1.29, 1.82) is 5.26 Å². The average Bonchev–Trinajstić information content (AvgIpc) is 2.78. The topological polar surface area (TPSA) is 111 Å². The van der Waals surface area contributed by atoms with Crippen LogP contribution in [0.15, 0.2) is 30.6 Å². The van der Waals surface area contributed by atoms with Gasteiger partial charge in [0.1, 0.15) is 6.33 Å². The van der Waals surface area contributed by atoms with E-state index in [4.69, 9.17) is 11.0 Å². The number of carbonyl (C=O) groups excluding carboxylic acids is 1. The summed E-state index contributed by atoms with van der Waals surface area (Å²) in [6.45, 7) is 5.51. The first-order chi connectivity index (χ1) is 15.0. The fraction of sp³-hybridized carbons (Fsp3) is 0.455. The number of rotatable bonds is 9. The number of amides is 1. The smallest absolute Gasteiger partial charge is 0.231 e. The molecule has 0 unspecified atom stereocenters. The van der Waals surface area contributed by atoms with Crippen molar-refractivity contribution in [3.8, 4) is 6.07 Å². The first-order valence-corrected chi connectivity index (χ1v) is 10.5. The molecule has 1 fully saturated rings. The molecule has 3 N–H and O–H groups in total. The molecule has 164 valence electrons. The molecule has 0 aliphatic carbocycles. The van der Waals surface area contributed by atoms with Crippen LogP contribution >= 0.6 is 0 Å². The Kier molecular flexibility index (Phi) is 7.73. The Morgan fingerprint density at radius 3 is 2.65 bits per heavy atom. The van der Waals surface area contributed by atoms with Crippen molar-refractivity contribution < 1.29 is 9.18 Å². The standard InChI is InChI=1S/C22H28FN7O/c1-2-30(13-18-5-3-16(11-24)4-6-18)22-20(23)21(27-15-28-22)26-12-17-7-9-29(10-8-17)14-19(25)31/h3-6,15,17H,2,7-10,12-14H2,1H3,(H2,25,31)(H,26,27,28). The number of nitrogens with one attached hydrogen (secondary N) is 1. The lowest BCUT2D eigenvalue weighted by Gasteiger charge is -2.31.